The van der Waals surface area contributed by atoms with Crippen LogP contribution in [0.15, 0.2) is 78.9 Å². The van der Waals surface area contributed by atoms with Gasteiger partial charge in [0.1, 0.15) is 0 Å². The van der Waals surface area contributed by atoms with Gasteiger partial charge in [-0.15, -0.1) is 0 Å². The summed E-state index contributed by atoms with van der Waals surface area (Å²) in [7, 11) is 6.06. The molecule has 3 aromatic heterocycles. The number of hydrogen-bond donors (Lipinski definition) is 2. The van der Waals surface area contributed by atoms with Gasteiger partial charge < -0.3 is 9.97 Å². The Balaban J connectivity index is 0.000000179. The zero-order valence-electron chi connectivity index (χ0n) is 22.2. The second-order valence-corrected chi connectivity index (χ2v) is 12.5. The van der Waals surface area contributed by atoms with Crippen LogP contribution in [-0.4, -0.2) is 48.4 Å². The minimum atomic E-state index is -3.58. The van der Waals surface area contributed by atoms with Crippen molar-refractivity contribution in [1.82, 2.24) is 19.9 Å². The zero-order valence-corrected chi connectivity index (χ0v) is 23.2. The summed E-state index contributed by atoms with van der Waals surface area (Å²) in [6.07, 6.45) is 8.09. The molecule has 2 aliphatic rings. The Morgan fingerprint density at radius 1 is 0.487 bits per heavy atom. The molecule has 0 aliphatic carbocycles. The molecule has 0 unspecified atom stereocenters. The molecule has 204 valence electrons. The standard InChI is InChI=1S/C20H14N4.C6H5.4CH3O.Co/c1-2-14-10-16-5-6-18(23-16)12-20-8-7-19(24-20)11-17-4-3-15(22-17)9-13(1)21-14;1-2-4-6-5-3-1;4*1-2;/h1-12,21,24H;1-5H;4*1H3;/q;;4*-1;+4. The van der Waals surface area contributed by atoms with Crippen LogP contribution >= 0.6 is 0 Å². The van der Waals surface area contributed by atoms with Gasteiger partial charge in [-0.3, -0.25) is 0 Å². The van der Waals surface area contributed by atoms with E-state index in [9.17, 15) is 0 Å². The van der Waals surface area contributed by atoms with E-state index < -0.39 is 12.9 Å². The van der Waals surface area contributed by atoms with E-state index >= 15 is 0 Å². The number of H-pyrrole nitrogens is 2. The van der Waals surface area contributed by atoms with Crippen molar-refractivity contribution in [2.24, 2.45) is 0 Å². The summed E-state index contributed by atoms with van der Waals surface area (Å²) in [6.45, 7) is 0. The molecular weight excluding hydrogens is 539 g/mol. The predicted molar refractivity (Wildman–Crippen MR) is 153 cm³/mol. The van der Waals surface area contributed by atoms with Crippen molar-refractivity contribution in [3.63, 3.8) is 0 Å². The second kappa shape index (κ2) is 11.1. The average Bonchev–Trinajstić information content (AvgIpc) is 3.79. The van der Waals surface area contributed by atoms with E-state index in [1.807, 2.05) is 78.9 Å². The van der Waals surface area contributed by atoms with E-state index in [1.165, 1.54) is 28.4 Å². The third kappa shape index (κ3) is 5.50. The van der Waals surface area contributed by atoms with Crippen molar-refractivity contribution < 1.29 is 28.3 Å². The molecule has 5 heterocycles. The molecule has 39 heavy (non-hydrogen) atoms. The minimum absolute atomic E-state index is 0.761. The number of nitrogens with zero attached hydrogens (tertiary/aromatic N) is 2. The fourth-order valence-corrected chi connectivity index (χ4v) is 6.97. The van der Waals surface area contributed by atoms with E-state index in [2.05, 4.69) is 44.2 Å². The Morgan fingerprint density at radius 2 is 0.821 bits per heavy atom. The van der Waals surface area contributed by atoms with Gasteiger partial charge in [-0.2, -0.15) is 0 Å². The quantitative estimate of drug-likeness (QED) is 0.268. The van der Waals surface area contributed by atoms with Crippen molar-refractivity contribution in [2.75, 3.05) is 28.4 Å². The van der Waals surface area contributed by atoms with Gasteiger partial charge in [0.05, 0.1) is 22.8 Å². The molecule has 2 N–H and O–H groups in total. The Morgan fingerprint density at radius 3 is 1.13 bits per heavy atom. The van der Waals surface area contributed by atoms with Crippen molar-refractivity contribution in [1.29, 1.82) is 0 Å². The first kappa shape index (κ1) is 26.8. The Hall–Kier alpha value is -3.83. The number of aromatic amines is 2. The van der Waals surface area contributed by atoms with Crippen LogP contribution in [0.2, 0.25) is 0 Å². The summed E-state index contributed by atoms with van der Waals surface area (Å²) < 4.78 is 22.4. The zero-order chi connectivity index (χ0) is 27.3. The van der Waals surface area contributed by atoms with Gasteiger partial charge in [0.25, 0.3) is 0 Å². The predicted octanol–water partition coefficient (Wildman–Crippen LogP) is 5.90. The normalized spacial score (nSPS) is 13.4. The van der Waals surface area contributed by atoms with Crippen LogP contribution in [0.3, 0.4) is 0 Å². The van der Waals surface area contributed by atoms with Crippen LogP contribution < -0.4 is 4.50 Å². The topological polar surface area (TPSA) is 94.3 Å². The van der Waals surface area contributed by atoms with Crippen LogP contribution in [0, 0.1) is 0 Å². The van der Waals surface area contributed by atoms with Crippen molar-refractivity contribution in [3.8, 4) is 0 Å². The molecule has 8 nitrogen and oxygen atoms in total. The molecule has 6 rings (SSSR count). The number of nitrogens with one attached hydrogen (secondary N) is 2. The molecule has 0 fully saturated rings. The summed E-state index contributed by atoms with van der Waals surface area (Å²) in [4.78, 5) is 16.0. The van der Waals surface area contributed by atoms with Crippen LogP contribution in [-0.2, 0) is 28.3 Å². The fraction of sp³-hybridized carbons (Fsp3) is 0.133. The van der Waals surface area contributed by atoms with Crippen molar-refractivity contribution in [3.05, 3.63) is 102 Å². The van der Waals surface area contributed by atoms with E-state index in [0.29, 0.717) is 0 Å². The summed E-state index contributed by atoms with van der Waals surface area (Å²) in [5, 5.41) is 0. The Bertz CT molecular complexity index is 1490. The molecule has 2 aliphatic heterocycles. The summed E-state index contributed by atoms with van der Waals surface area (Å²) in [5.74, 6) is 0. The second-order valence-electron chi connectivity index (χ2n) is 8.32. The van der Waals surface area contributed by atoms with Crippen molar-refractivity contribution in [2.45, 2.75) is 0 Å². The number of aromatic nitrogens is 4. The van der Waals surface area contributed by atoms with Crippen LogP contribution in [0.4, 0.5) is 0 Å². The molecule has 1 aromatic carbocycles. The Kier molecular flexibility index (Phi) is 7.62. The molecule has 8 bridgehead atoms. The molecule has 9 heteroatoms. The molecular formula is C30H31CoN4O4. The van der Waals surface area contributed by atoms with Crippen LogP contribution in [0.25, 0.3) is 46.4 Å². The molecule has 0 amide bonds. The summed E-state index contributed by atoms with van der Waals surface area (Å²) in [6, 6.07) is 25.7. The van der Waals surface area contributed by atoms with E-state index in [4.69, 9.17) is 15.4 Å². The van der Waals surface area contributed by atoms with Gasteiger partial charge >= 0.3 is 91.5 Å². The first-order valence-electron chi connectivity index (χ1n) is 12.1. The van der Waals surface area contributed by atoms with E-state index in [-0.39, 0.29) is 0 Å². The van der Waals surface area contributed by atoms with Gasteiger partial charge in [-0.1, -0.05) is 0 Å². The summed E-state index contributed by atoms with van der Waals surface area (Å²) in [5.41, 5.74) is 7.86. The fourth-order valence-electron chi connectivity index (χ4n) is 4.18. The monoisotopic (exact) mass is 570 g/mol. The Labute approximate surface area is 228 Å². The van der Waals surface area contributed by atoms with Gasteiger partial charge in [0.15, 0.2) is 0 Å². The first-order valence-corrected chi connectivity index (χ1v) is 14.3. The van der Waals surface area contributed by atoms with Gasteiger partial charge in [-0.05, 0) is 72.8 Å². The molecule has 0 radical (unpaired) electrons. The van der Waals surface area contributed by atoms with Crippen molar-refractivity contribution >= 4 is 50.9 Å². The molecule has 0 saturated heterocycles. The molecule has 0 saturated carbocycles. The number of rotatable bonds is 5. The van der Waals surface area contributed by atoms with Crippen LogP contribution in [0.5, 0.6) is 0 Å². The maximum absolute atomic E-state index is 5.42. The van der Waals surface area contributed by atoms with Gasteiger partial charge in [0, 0.05) is 22.1 Å². The van der Waals surface area contributed by atoms with E-state index in [1.54, 1.807) is 0 Å². The molecule has 0 atom stereocenters. The number of benzene rings is 1. The third-order valence-electron chi connectivity index (χ3n) is 6.01. The third-order valence-corrected chi connectivity index (χ3v) is 10.3. The molecule has 0 spiro atoms. The first-order chi connectivity index (χ1) is 19.0. The van der Waals surface area contributed by atoms with Gasteiger partial charge in [-0.25, -0.2) is 9.97 Å². The number of hydrogen-bond acceptors (Lipinski definition) is 6. The SMILES string of the molecule is C1=Cc2cc3ccc(cc4nc(cc5ccc(cc1n2)[nH]5)C=C4)[nH]3.C[O][Co]([O]C)([O]C)([O]C)[c]1ccccc1. The number of fused-ring (bicyclic) bond motifs is 8. The van der Waals surface area contributed by atoms with Gasteiger partial charge in [0.2, 0.25) is 0 Å². The van der Waals surface area contributed by atoms with E-state index in [0.717, 1.165) is 49.3 Å². The average molecular weight is 571 g/mol. The molecule has 4 aromatic rings. The summed E-state index contributed by atoms with van der Waals surface area (Å²) >= 11 is -3.58. The van der Waals surface area contributed by atoms with Crippen LogP contribution in [0.1, 0.15) is 22.8 Å². The maximum atomic E-state index is 5.42.